The van der Waals surface area contributed by atoms with Crippen LogP contribution in [0.15, 0.2) is 66.2 Å². The minimum atomic E-state index is 0.223. The molecule has 3 aliphatic carbocycles. The third-order valence-corrected chi connectivity index (χ3v) is 6.42. The number of nitrogens with zero attached hydrogens (tertiary/aromatic N) is 3. The van der Waals surface area contributed by atoms with Gasteiger partial charge in [-0.05, 0) is 47.3 Å². The molecule has 3 aromatic rings. The van der Waals surface area contributed by atoms with Crippen LogP contribution in [0.3, 0.4) is 0 Å². The monoisotopic (exact) mass is 357 g/mol. The summed E-state index contributed by atoms with van der Waals surface area (Å²) in [5, 5.41) is 0.223. The minimum Gasteiger partial charge on any atom is -0.208 e. The molecule has 0 aliphatic heterocycles. The van der Waals surface area contributed by atoms with Crippen molar-refractivity contribution in [2.75, 3.05) is 0 Å². The summed E-state index contributed by atoms with van der Waals surface area (Å²) in [5.41, 5.74) is 5.07. The number of hydrogen-bond acceptors (Lipinski definition) is 3. The first-order chi connectivity index (χ1) is 12.8. The van der Waals surface area contributed by atoms with Gasteiger partial charge in [0.25, 0.3) is 0 Å². The lowest BCUT2D eigenvalue weighted by atomic mass is 9.37. The van der Waals surface area contributed by atoms with Gasteiger partial charge in [-0.2, -0.15) is 9.97 Å². The zero-order chi connectivity index (χ0) is 17.3. The lowest BCUT2D eigenvalue weighted by Gasteiger charge is -2.67. The summed E-state index contributed by atoms with van der Waals surface area (Å²) in [6.45, 7) is 0. The smallest absolute Gasteiger partial charge is 0.208 e. The average Bonchev–Trinajstić information content (AvgIpc) is 2.68. The molecule has 2 saturated carbocycles. The predicted octanol–water partition coefficient (Wildman–Crippen LogP) is 5.15. The molecule has 3 nitrogen and oxygen atoms in total. The topological polar surface area (TPSA) is 38.7 Å². The van der Waals surface area contributed by atoms with Gasteiger partial charge in [-0.3, -0.25) is 0 Å². The molecule has 0 saturated heterocycles. The Labute approximate surface area is 156 Å². The Morgan fingerprint density at radius 1 is 0.769 bits per heavy atom. The second kappa shape index (κ2) is 5.24. The molecule has 0 N–H and O–H groups in total. The average molecular weight is 358 g/mol. The zero-order valence-corrected chi connectivity index (χ0v) is 14.8. The van der Waals surface area contributed by atoms with Gasteiger partial charge in [-0.15, -0.1) is 0 Å². The molecule has 4 heteroatoms. The summed E-state index contributed by atoms with van der Waals surface area (Å²) < 4.78 is 0. The number of aromatic nitrogens is 3. The quantitative estimate of drug-likeness (QED) is 0.608. The third kappa shape index (κ3) is 1.98. The van der Waals surface area contributed by atoms with E-state index in [-0.39, 0.29) is 5.28 Å². The lowest BCUT2D eigenvalue weighted by molar-refractivity contribution is -0.00598. The highest BCUT2D eigenvalue weighted by molar-refractivity contribution is 6.28. The van der Waals surface area contributed by atoms with E-state index in [1.165, 1.54) is 12.0 Å². The van der Waals surface area contributed by atoms with Crippen molar-refractivity contribution in [3.8, 4) is 22.8 Å². The molecule has 0 radical (unpaired) electrons. The Bertz CT molecular complexity index is 1040. The Morgan fingerprint density at radius 3 is 2.04 bits per heavy atom. The number of hydrogen-bond donors (Lipinski definition) is 0. The van der Waals surface area contributed by atoms with Crippen LogP contribution in [-0.2, 0) is 0 Å². The predicted molar refractivity (Wildman–Crippen MR) is 102 cm³/mol. The Morgan fingerprint density at radius 2 is 1.46 bits per heavy atom. The second-order valence-electron chi connectivity index (χ2n) is 7.48. The molecule has 4 unspecified atom stereocenters. The summed E-state index contributed by atoms with van der Waals surface area (Å²) in [7, 11) is 0. The van der Waals surface area contributed by atoms with Gasteiger partial charge in [-0.1, -0.05) is 66.2 Å². The summed E-state index contributed by atoms with van der Waals surface area (Å²) in [4.78, 5) is 13.2. The fourth-order valence-corrected chi connectivity index (χ4v) is 5.09. The number of allylic oxidation sites excluding steroid dienone is 2. The molecule has 3 aliphatic rings. The van der Waals surface area contributed by atoms with Crippen LogP contribution in [0.25, 0.3) is 22.8 Å². The van der Waals surface area contributed by atoms with Crippen molar-refractivity contribution in [3.63, 3.8) is 0 Å². The molecule has 0 amide bonds. The van der Waals surface area contributed by atoms with Gasteiger partial charge in [0.05, 0.1) is 0 Å². The molecule has 126 valence electrons. The van der Waals surface area contributed by atoms with Crippen molar-refractivity contribution in [1.29, 1.82) is 0 Å². The zero-order valence-electron chi connectivity index (χ0n) is 14.0. The Balaban J connectivity index is 1.33. The molecule has 1 heterocycles. The fourth-order valence-electron chi connectivity index (χ4n) is 4.93. The SMILES string of the molecule is Clc1nc(-c2ccccc2)nc(-c2ccc(C3C4C=C5CC3C54)cc2)n1. The van der Waals surface area contributed by atoms with Crippen LogP contribution in [0.5, 0.6) is 0 Å². The third-order valence-electron chi connectivity index (χ3n) is 6.25. The molecule has 2 fully saturated rings. The maximum atomic E-state index is 6.16. The van der Waals surface area contributed by atoms with Crippen molar-refractivity contribution in [2.45, 2.75) is 12.3 Å². The molecular weight excluding hydrogens is 342 g/mol. The highest BCUT2D eigenvalue weighted by Crippen LogP contribution is 2.71. The number of rotatable bonds is 3. The van der Waals surface area contributed by atoms with Crippen molar-refractivity contribution in [3.05, 3.63) is 77.1 Å². The van der Waals surface area contributed by atoms with Crippen LogP contribution >= 0.6 is 11.6 Å². The Kier molecular flexibility index (Phi) is 2.95. The van der Waals surface area contributed by atoms with E-state index in [2.05, 4.69) is 45.3 Å². The van der Waals surface area contributed by atoms with Crippen LogP contribution in [-0.4, -0.2) is 15.0 Å². The van der Waals surface area contributed by atoms with E-state index in [9.17, 15) is 0 Å². The minimum absolute atomic E-state index is 0.223. The molecule has 0 spiro atoms. The maximum Gasteiger partial charge on any atom is 0.226 e. The molecule has 26 heavy (non-hydrogen) atoms. The van der Waals surface area contributed by atoms with E-state index in [1.54, 1.807) is 5.57 Å². The summed E-state index contributed by atoms with van der Waals surface area (Å²) >= 11 is 6.16. The van der Waals surface area contributed by atoms with Crippen LogP contribution in [0.2, 0.25) is 5.28 Å². The number of benzene rings is 2. The summed E-state index contributed by atoms with van der Waals surface area (Å²) in [6.07, 6.45) is 3.80. The largest absolute Gasteiger partial charge is 0.226 e. The van der Waals surface area contributed by atoms with Gasteiger partial charge >= 0.3 is 0 Å². The normalized spacial score (nSPS) is 27.5. The fraction of sp³-hybridized carbons (Fsp3) is 0.227. The lowest BCUT2D eigenvalue weighted by Crippen LogP contribution is -2.58. The van der Waals surface area contributed by atoms with Gasteiger partial charge in [0.2, 0.25) is 5.28 Å². The van der Waals surface area contributed by atoms with Crippen LogP contribution < -0.4 is 0 Å². The Hall–Kier alpha value is -2.52. The van der Waals surface area contributed by atoms with Gasteiger partial charge in [0, 0.05) is 11.1 Å². The first kappa shape index (κ1) is 14.6. The first-order valence-corrected chi connectivity index (χ1v) is 9.44. The molecular formula is C22H16ClN3. The number of halogens is 1. The standard InChI is InChI=1S/C22H16ClN3/c23-22-25-20(13-4-2-1-3-5-13)24-21(26-22)14-8-6-12(7-9-14)18-16-10-15-11-17(18)19(15)16/h1-10,16-19H,11H2. The van der Waals surface area contributed by atoms with Crippen LogP contribution in [0.1, 0.15) is 17.9 Å². The first-order valence-electron chi connectivity index (χ1n) is 9.06. The van der Waals surface area contributed by atoms with Gasteiger partial charge in [0.1, 0.15) is 0 Å². The molecule has 4 atom stereocenters. The molecule has 0 bridgehead atoms. The highest BCUT2D eigenvalue weighted by Gasteiger charge is 2.62. The molecule has 1 aromatic heterocycles. The van der Waals surface area contributed by atoms with E-state index in [4.69, 9.17) is 11.6 Å². The van der Waals surface area contributed by atoms with E-state index < -0.39 is 0 Å². The van der Waals surface area contributed by atoms with Gasteiger partial charge < -0.3 is 0 Å². The van der Waals surface area contributed by atoms with Crippen molar-refractivity contribution in [1.82, 2.24) is 15.0 Å². The van der Waals surface area contributed by atoms with E-state index in [0.717, 1.165) is 28.9 Å². The van der Waals surface area contributed by atoms with Crippen LogP contribution in [0, 0.1) is 17.8 Å². The van der Waals surface area contributed by atoms with E-state index in [0.29, 0.717) is 17.6 Å². The molecule has 6 rings (SSSR count). The van der Waals surface area contributed by atoms with Crippen molar-refractivity contribution in [2.24, 2.45) is 17.8 Å². The van der Waals surface area contributed by atoms with E-state index >= 15 is 0 Å². The van der Waals surface area contributed by atoms with Gasteiger partial charge in [-0.25, -0.2) is 4.98 Å². The van der Waals surface area contributed by atoms with Crippen molar-refractivity contribution < 1.29 is 0 Å². The summed E-state index contributed by atoms with van der Waals surface area (Å²) in [5.74, 6) is 4.56. The van der Waals surface area contributed by atoms with Crippen molar-refractivity contribution >= 4 is 11.6 Å². The maximum absolute atomic E-state index is 6.16. The van der Waals surface area contributed by atoms with Gasteiger partial charge in [0.15, 0.2) is 11.6 Å². The van der Waals surface area contributed by atoms with E-state index in [1.807, 2.05) is 30.3 Å². The second-order valence-corrected chi connectivity index (χ2v) is 7.82. The highest BCUT2D eigenvalue weighted by atomic mass is 35.5. The molecule has 2 aromatic carbocycles. The summed E-state index contributed by atoms with van der Waals surface area (Å²) in [6, 6.07) is 18.6. The van der Waals surface area contributed by atoms with Crippen LogP contribution in [0.4, 0.5) is 0 Å².